The van der Waals surface area contributed by atoms with E-state index in [2.05, 4.69) is 0 Å². The lowest BCUT2D eigenvalue weighted by atomic mass is 9.90. The molecule has 90 valence electrons. The lowest BCUT2D eigenvalue weighted by molar-refractivity contribution is -0.137. The molecule has 1 aromatic carbocycles. The summed E-state index contributed by atoms with van der Waals surface area (Å²) in [4.78, 5) is 10.9. The lowest BCUT2D eigenvalue weighted by Gasteiger charge is -2.16. The summed E-state index contributed by atoms with van der Waals surface area (Å²) in [5, 5.41) is 8.98. The van der Waals surface area contributed by atoms with E-state index in [0.717, 1.165) is 35.5 Å². The molecule has 17 heavy (non-hydrogen) atoms. The Kier molecular flexibility index (Phi) is 2.08. The van der Waals surface area contributed by atoms with Crippen LogP contribution in [-0.2, 0) is 10.2 Å². The number of carboxylic acids is 1. The van der Waals surface area contributed by atoms with E-state index < -0.39 is 5.97 Å². The number of carbonyl (C=O) groups is 1. The van der Waals surface area contributed by atoms with Gasteiger partial charge in [-0.25, -0.2) is 0 Å². The molecule has 0 radical (unpaired) electrons. The summed E-state index contributed by atoms with van der Waals surface area (Å²) < 4.78 is 10.9. The van der Waals surface area contributed by atoms with Crippen LogP contribution < -0.4 is 9.47 Å². The number of fused-ring (bicyclic) bond motifs is 1. The van der Waals surface area contributed by atoms with Crippen LogP contribution in [0.15, 0.2) is 12.1 Å². The van der Waals surface area contributed by atoms with Crippen molar-refractivity contribution in [3.05, 3.63) is 23.3 Å². The number of carboxylic acid groups (broad SMARTS) is 1. The second-order valence-electron chi connectivity index (χ2n) is 4.85. The predicted octanol–water partition coefficient (Wildman–Crippen LogP) is 2.23. The highest BCUT2D eigenvalue weighted by Crippen LogP contribution is 2.56. The van der Waals surface area contributed by atoms with Gasteiger partial charge in [0.2, 0.25) is 6.79 Å². The highest BCUT2D eigenvalue weighted by Gasteiger charge is 2.49. The zero-order chi connectivity index (χ0) is 12.0. The van der Waals surface area contributed by atoms with E-state index >= 15 is 0 Å². The number of hydrogen-bond donors (Lipinski definition) is 1. The molecule has 1 heterocycles. The van der Waals surface area contributed by atoms with E-state index in [9.17, 15) is 4.79 Å². The first kappa shape index (κ1) is 10.4. The summed E-state index contributed by atoms with van der Waals surface area (Å²) in [5.41, 5.74) is 1.81. The van der Waals surface area contributed by atoms with Gasteiger partial charge >= 0.3 is 5.97 Å². The molecule has 1 saturated carbocycles. The second kappa shape index (κ2) is 3.39. The largest absolute Gasteiger partial charge is 0.481 e. The molecule has 1 fully saturated rings. The van der Waals surface area contributed by atoms with Gasteiger partial charge in [0.1, 0.15) is 0 Å². The topological polar surface area (TPSA) is 55.8 Å². The average molecular weight is 234 g/mol. The quantitative estimate of drug-likeness (QED) is 0.871. The fourth-order valence-electron chi connectivity index (χ4n) is 2.53. The highest BCUT2D eigenvalue weighted by molar-refractivity contribution is 5.71. The number of hydrogen-bond acceptors (Lipinski definition) is 3. The van der Waals surface area contributed by atoms with Crippen LogP contribution in [0, 0.1) is 6.92 Å². The Hall–Kier alpha value is -1.71. The lowest BCUT2D eigenvalue weighted by Crippen LogP contribution is -2.13. The molecule has 1 N–H and O–H groups in total. The monoisotopic (exact) mass is 234 g/mol. The number of rotatable bonds is 3. The molecule has 0 atom stereocenters. The zero-order valence-corrected chi connectivity index (χ0v) is 9.66. The van der Waals surface area contributed by atoms with Crippen LogP contribution in [0.1, 0.15) is 30.4 Å². The van der Waals surface area contributed by atoms with Gasteiger partial charge in [-0.2, -0.15) is 0 Å². The summed E-state index contributed by atoms with van der Waals surface area (Å²) in [6.45, 7) is 2.20. The molecule has 2 aliphatic rings. The van der Waals surface area contributed by atoms with Gasteiger partial charge in [-0.3, -0.25) is 4.79 Å². The maximum Gasteiger partial charge on any atom is 0.304 e. The molecule has 0 aromatic heterocycles. The number of ether oxygens (including phenoxy) is 2. The van der Waals surface area contributed by atoms with Crippen molar-refractivity contribution < 1.29 is 19.4 Å². The van der Waals surface area contributed by atoms with Crippen molar-refractivity contribution in [1.82, 2.24) is 0 Å². The molecular formula is C13H14O4. The number of aryl methyl sites for hydroxylation is 1. The Morgan fingerprint density at radius 3 is 2.71 bits per heavy atom. The van der Waals surface area contributed by atoms with Crippen LogP contribution in [0.25, 0.3) is 0 Å². The minimum absolute atomic E-state index is 0.172. The van der Waals surface area contributed by atoms with Crippen molar-refractivity contribution in [2.24, 2.45) is 0 Å². The van der Waals surface area contributed by atoms with Crippen molar-refractivity contribution in [1.29, 1.82) is 0 Å². The van der Waals surface area contributed by atoms with Crippen molar-refractivity contribution in [2.45, 2.75) is 31.6 Å². The van der Waals surface area contributed by atoms with Gasteiger partial charge < -0.3 is 14.6 Å². The molecule has 1 aliphatic carbocycles. The standard InChI is InChI=1S/C13H14O4/c1-8-2-3-9(12-11(8)16-7-17-12)13(4-5-13)6-10(14)15/h2-3H,4-7H2,1H3,(H,14,15). The Morgan fingerprint density at radius 2 is 2.06 bits per heavy atom. The van der Waals surface area contributed by atoms with Crippen LogP contribution in [0.5, 0.6) is 11.5 Å². The van der Waals surface area contributed by atoms with Gasteiger partial charge in [0.05, 0.1) is 6.42 Å². The van der Waals surface area contributed by atoms with Gasteiger partial charge in [-0.15, -0.1) is 0 Å². The maximum absolute atomic E-state index is 10.9. The van der Waals surface area contributed by atoms with Gasteiger partial charge in [0.15, 0.2) is 11.5 Å². The van der Waals surface area contributed by atoms with Crippen LogP contribution >= 0.6 is 0 Å². The molecule has 0 amide bonds. The van der Waals surface area contributed by atoms with Crippen LogP contribution in [0.3, 0.4) is 0 Å². The van der Waals surface area contributed by atoms with Crippen molar-refractivity contribution in [3.63, 3.8) is 0 Å². The average Bonchev–Trinajstić information content (AvgIpc) is 2.86. The number of aliphatic carboxylic acids is 1. The smallest absolute Gasteiger partial charge is 0.304 e. The SMILES string of the molecule is Cc1ccc(C2(CC(=O)O)CC2)c2c1OCO2. The van der Waals surface area contributed by atoms with E-state index in [1.165, 1.54) is 0 Å². The molecule has 0 unspecified atom stereocenters. The molecule has 4 heteroatoms. The molecule has 0 bridgehead atoms. The Morgan fingerprint density at radius 1 is 1.35 bits per heavy atom. The van der Waals surface area contributed by atoms with E-state index in [-0.39, 0.29) is 18.6 Å². The molecule has 0 saturated heterocycles. The third-order valence-corrected chi connectivity index (χ3v) is 3.63. The summed E-state index contributed by atoms with van der Waals surface area (Å²) in [6.07, 6.45) is 2.00. The van der Waals surface area contributed by atoms with E-state index in [4.69, 9.17) is 14.6 Å². The van der Waals surface area contributed by atoms with Gasteiger partial charge in [-0.1, -0.05) is 12.1 Å². The molecule has 1 aromatic rings. The second-order valence-corrected chi connectivity index (χ2v) is 4.85. The van der Waals surface area contributed by atoms with Crippen LogP contribution in [-0.4, -0.2) is 17.9 Å². The van der Waals surface area contributed by atoms with Gasteiger partial charge in [0, 0.05) is 11.0 Å². The third-order valence-electron chi connectivity index (χ3n) is 3.63. The molecule has 1 aliphatic heterocycles. The molecule has 4 nitrogen and oxygen atoms in total. The van der Waals surface area contributed by atoms with E-state index in [1.54, 1.807) is 0 Å². The third kappa shape index (κ3) is 1.55. The fourth-order valence-corrected chi connectivity index (χ4v) is 2.53. The Balaban J connectivity index is 2.05. The minimum Gasteiger partial charge on any atom is -0.481 e. The first-order valence-electron chi connectivity index (χ1n) is 5.74. The van der Waals surface area contributed by atoms with E-state index in [1.807, 2.05) is 19.1 Å². The fraction of sp³-hybridized carbons (Fsp3) is 0.462. The first-order valence-corrected chi connectivity index (χ1v) is 5.74. The van der Waals surface area contributed by atoms with Crippen LogP contribution in [0.2, 0.25) is 0 Å². The van der Waals surface area contributed by atoms with Crippen molar-refractivity contribution in [3.8, 4) is 11.5 Å². The van der Waals surface area contributed by atoms with Crippen molar-refractivity contribution >= 4 is 5.97 Å². The Bertz CT molecular complexity index is 488. The first-order chi connectivity index (χ1) is 8.12. The zero-order valence-electron chi connectivity index (χ0n) is 9.66. The van der Waals surface area contributed by atoms with Crippen LogP contribution in [0.4, 0.5) is 0 Å². The minimum atomic E-state index is -0.754. The molecule has 0 spiro atoms. The van der Waals surface area contributed by atoms with Gasteiger partial charge in [-0.05, 0) is 25.3 Å². The maximum atomic E-state index is 10.9. The molecule has 3 rings (SSSR count). The summed E-state index contributed by atoms with van der Waals surface area (Å²) in [5.74, 6) is 0.777. The number of benzene rings is 1. The highest BCUT2D eigenvalue weighted by atomic mass is 16.7. The Labute approximate surface area is 99.2 Å². The van der Waals surface area contributed by atoms with E-state index in [0.29, 0.717) is 0 Å². The van der Waals surface area contributed by atoms with Gasteiger partial charge in [0.25, 0.3) is 0 Å². The summed E-state index contributed by atoms with van der Waals surface area (Å²) in [6, 6.07) is 3.96. The molecular weight excluding hydrogens is 220 g/mol. The predicted molar refractivity (Wildman–Crippen MR) is 60.5 cm³/mol. The van der Waals surface area contributed by atoms with Crippen molar-refractivity contribution in [2.75, 3.05) is 6.79 Å². The summed E-state index contributed by atoms with van der Waals surface area (Å²) in [7, 11) is 0. The summed E-state index contributed by atoms with van der Waals surface area (Å²) >= 11 is 0. The normalized spacial score (nSPS) is 19.1.